The Bertz CT molecular complexity index is 615. The lowest BCUT2D eigenvalue weighted by atomic mass is 10.0. The number of fused-ring (bicyclic) bond motifs is 1. The Morgan fingerprint density at radius 3 is 2.79 bits per heavy atom. The molecule has 0 radical (unpaired) electrons. The Balaban J connectivity index is 2.26. The number of sulfone groups is 1. The predicted molar refractivity (Wildman–Crippen MR) is 78.3 cm³/mol. The van der Waals surface area contributed by atoms with E-state index >= 15 is 0 Å². The summed E-state index contributed by atoms with van der Waals surface area (Å²) in [5.74, 6) is 0.0496. The van der Waals surface area contributed by atoms with E-state index in [1.165, 1.54) is 6.26 Å². The molecule has 2 rings (SSSR count). The third-order valence-corrected chi connectivity index (χ3v) is 5.16. The van der Waals surface area contributed by atoms with Gasteiger partial charge in [0, 0.05) is 25.5 Å². The fourth-order valence-corrected chi connectivity index (χ4v) is 4.41. The number of halogens is 1. The molecule has 7 heteroatoms. The molecule has 1 atom stereocenters. The van der Waals surface area contributed by atoms with Gasteiger partial charge in [0.25, 0.3) is 0 Å². The summed E-state index contributed by atoms with van der Waals surface area (Å²) in [4.78, 5) is 12.8. The molecular formula is C12H15BrN2O3S. The SMILES string of the molecule is CN1Cc2cc(C(Br)CS(C)(=O)=O)ccc2NC1=O. The van der Waals surface area contributed by atoms with Crippen molar-refractivity contribution in [1.82, 2.24) is 4.90 Å². The lowest BCUT2D eigenvalue weighted by Crippen LogP contribution is -2.35. The highest BCUT2D eigenvalue weighted by molar-refractivity contribution is 9.09. The van der Waals surface area contributed by atoms with E-state index in [9.17, 15) is 13.2 Å². The van der Waals surface area contributed by atoms with Crippen molar-refractivity contribution in [1.29, 1.82) is 0 Å². The van der Waals surface area contributed by atoms with Gasteiger partial charge in [-0.2, -0.15) is 0 Å². The van der Waals surface area contributed by atoms with Crippen LogP contribution in [0.4, 0.5) is 10.5 Å². The number of hydrogen-bond donors (Lipinski definition) is 1. The second-order valence-corrected chi connectivity index (χ2v) is 8.05. The molecular weight excluding hydrogens is 332 g/mol. The number of nitrogens with zero attached hydrogens (tertiary/aromatic N) is 1. The molecule has 1 N–H and O–H groups in total. The second kappa shape index (κ2) is 5.13. The third-order valence-electron chi connectivity index (χ3n) is 2.94. The van der Waals surface area contributed by atoms with Crippen LogP contribution < -0.4 is 5.32 Å². The van der Waals surface area contributed by atoms with Crippen molar-refractivity contribution in [2.45, 2.75) is 11.4 Å². The van der Waals surface area contributed by atoms with Gasteiger partial charge in [0.2, 0.25) is 0 Å². The molecule has 1 aliphatic heterocycles. The van der Waals surface area contributed by atoms with Gasteiger partial charge in [0.1, 0.15) is 9.84 Å². The molecule has 0 fully saturated rings. The minimum absolute atomic E-state index is 0.0496. The highest BCUT2D eigenvalue weighted by Crippen LogP contribution is 2.30. The highest BCUT2D eigenvalue weighted by atomic mass is 79.9. The van der Waals surface area contributed by atoms with Crippen LogP contribution in [-0.4, -0.2) is 38.4 Å². The normalized spacial score (nSPS) is 16.8. The van der Waals surface area contributed by atoms with Gasteiger partial charge in [-0.05, 0) is 17.2 Å². The molecule has 1 heterocycles. The van der Waals surface area contributed by atoms with Gasteiger partial charge in [0.05, 0.1) is 10.6 Å². The van der Waals surface area contributed by atoms with E-state index in [2.05, 4.69) is 21.2 Å². The van der Waals surface area contributed by atoms with Crippen LogP contribution in [0.5, 0.6) is 0 Å². The minimum atomic E-state index is -3.04. The summed E-state index contributed by atoms with van der Waals surface area (Å²) in [6.07, 6.45) is 1.22. The summed E-state index contributed by atoms with van der Waals surface area (Å²) >= 11 is 3.40. The number of urea groups is 1. The van der Waals surface area contributed by atoms with Crippen molar-refractivity contribution in [3.8, 4) is 0 Å². The molecule has 1 unspecified atom stereocenters. The van der Waals surface area contributed by atoms with E-state index in [-0.39, 0.29) is 16.6 Å². The summed E-state index contributed by atoms with van der Waals surface area (Å²) in [5, 5.41) is 2.78. The van der Waals surface area contributed by atoms with Crippen LogP contribution in [0.15, 0.2) is 18.2 Å². The quantitative estimate of drug-likeness (QED) is 0.852. The minimum Gasteiger partial charge on any atom is -0.323 e. The lowest BCUT2D eigenvalue weighted by Gasteiger charge is -2.26. The number of carbonyl (C=O) groups excluding carboxylic acids is 1. The molecule has 1 aromatic rings. The van der Waals surface area contributed by atoms with Crippen molar-refractivity contribution >= 4 is 37.5 Å². The Labute approximate surface area is 121 Å². The van der Waals surface area contributed by atoms with Crippen LogP contribution in [0, 0.1) is 0 Å². The van der Waals surface area contributed by atoms with Crippen molar-refractivity contribution in [3.05, 3.63) is 29.3 Å². The fraction of sp³-hybridized carbons (Fsp3) is 0.417. The van der Waals surface area contributed by atoms with Gasteiger partial charge in [-0.25, -0.2) is 13.2 Å². The molecule has 0 spiro atoms. The lowest BCUT2D eigenvalue weighted by molar-refractivity contribution is 0.218. The van der Waals surface area contributed by atoms with Crippen LogP contribution in [0.1, 0.15) is 16.0 Å². The number of nitrogens with one attached hydrogen (secondary N) is 1. The number of amides is 2. The molecule has 5 nitrogen and oxygen atoms in total. The Kier molecular flexibility index (Phi) is 3.87. The average molecular weight is 347 g/mol. The zero-order valence-corrected chi connectivity index (χ0v) is 13.1. The molecule has 0 bridgehead atoms. The van der Waals surface area contributed by atoms with E-state index in [1.807, 2.05) is 18.2 Å². The number of rotatable bonds is 3. The maximum Gasteiger partial charge on any atom is 0.321 e. The molecule has 0 aromatic heterocycles. The maximum absolute atomic E-state index is 11.5. The number of benzene rings is 1. The molecule has 0 saturated heterocycles. The average Bonchev–Trinajstić information content (AvgIpc) is 2.27. The first kappa shape index (κ1) is 14.3. The molecule has 1 aromatic carbocycles. The zero-order chi connectivity index (χ0) is 14.2. The molecule has 104 valence electrons. The molecule has 0 aliphatic carbocycles. The van der Waals surface area contributed by atoms with Crippen molar-refractivity contribution < 1.29 is 13.2 Å². The number of hydrogen-bond acceptors (Lipinski definition) is 3. The van der Waals surface area contributed by atoms with Gasteiger partial charge < -0.3 is 10.2 Å². The van der Waals surface area contributed by atoms with Gasteiger partial charge in [-0.1, -0.05) is 28.1 Å². The maximum atomic E-state index is 11.5. The molecule has 0 saturated carbocycles. The predicted octanol–water partition coefficient (Wildman–Crippen LogP) is 2.14. The highest BCUT2D eigenvalue weighted by Gasteiger charge is 2.21. The number of alkyl halides is 1. The standard InChI is InChI=1S/C12H15BrN2O3S/c1-15-6-9-5-8(10(13)7-19(2,17)18)3-4-11(9)14-12(15)16/h3-5,10H,6-7H2,1-2H3,(H,14,16). The van der Waals surface area contributed by atoms with Gasteiger partial charge in [0.15, 0.2) is 0 Å². The summed E-state index contributed by atoms with van der Waals surface area (Å²) in [6, 6.07) is 5.43. The monoisotopic (exact) mass is 346 g/mol. The van der Waals surface area contributed by atoms with Crippen molar-refractivity contribution in [2.24, 2.45) is 0 Å². The fourth-order valence-electron chi connectivity index (χ4n) is 1.96. The van der Waals surface area contributed by atoms with E-state index in [0.717, 1.165) is 16.8 Å². The topological polar surface area (TPSA) is 66.5 Å². The summed E-state index contributed by atoms with van der Waals surface area (Å²) < 4.78 is 22.6. The number of anilines is 1. The van der Waals surface area contributed by atoms with E-state index < -0.39 is 9.84 Å². The number of carbonyl (C=O) groups is 1. The summed E-state index contributed by atoms with van der Waals surface area (Å²) in [6.45, 7) is 0.521. The van der Waals surface area contributed by atoms with Gasteiger partial charge >= 0.3 is 6.03 Å². The van der Waals surface area contributed by atoms with Gasteiger partial charge in [-0.15, -0.1) is 0 Å². The smallest absolute Gasteiger partial charge is 0.321 e. The Hall–Kier alpha value is -1.08. The first-order chi connectivity index (χ1) is 8.76. The van der Waals surface area contributed by atoms with Crippen LogP contribution in [0.25, 0.3) is 0 Å². The first-order valence-electron chi connectivity index (χ1n) is 5.73. The van der Waals surface area contributed by atoms with Crippen LogP contribution in [0.3, 0.4) is 0 Å². The van der Waals surface area contributed by atoms with E-state index in [1.54, 1.807) is 11.9 Å². The first-order valence-corrected chi connectivity index (χ1v) is 8.70. The van der Waals surface area contributed by atoms with E-state index in [4.69, 9.17) is 0 Å². The largest absolute Gasteiger partial charge is 0.323 e. The summed E-state index contributed by atoms with van der Waals surface area (Å²) in [5.41, 5.74) is 2.66. The molecule has 1 aliphatic rings. The third kappa shape index (κ3) is 3.48. The molecule has 2 amide bonds. The summed E-state index contributed by atoms with van der Waals surface area (Å²) in [7, 11) is -1.32. The van der Waals surface area contributed by atoms with Crippen LogP contribution >= 0.6 is 15.9 Å². The zero-order valence-electron chi connectivity index (χ0n) is 10.7. The van der Waals surface area contributed by atoms with Crippen molar-refractivity contribution in [2.75, 3.05) is 24.4 Å². The Morgan fingerprint density at radius 1 is 1.47 bits per heavy atom. The second-order valence-electron chi connectivity index (χ2n) is 4.76. The van der Waals surface area contributed by atoms with Crippen molar-refractivity contribution in [3.63, 3.8) is 0 Å². The molecule has 19 heavy (non-hydrogen) atoms. The van der Waals surface area contributed by atoms with Crippen LogP contribution in [0.2, 0.25) is 0 Å². The van der Waals surface area contributed by atoms with Gasteiger partial charge in [-0.3, -0.25) is 0 Å². The van der Waals surface area contributed by atoms with E-state index in [0.29, 0.717) is 6.54 Å². The Morgan fingerprint density at radius 2 is 2.16 bits per heavy atom. The van der Waals surface area contributed by atoms with Crippen LogP contribution in [-0.2, 0) is 16.4 Å².